The number of hydrogen-bond acceptors (Lipinski definition) is 3. The summed E-state index contributed by atoms with van der Waals surface area (Å²) in [6.07, 6.45) is 4.65. The molecule has 3 aromatic rings. The molecule has 0 saturated heterocycles. The summed E-state index contributed by atoms with van der Waals surface area (Å²) in [6, 6.07) is 12.5. The van der Waals surface area contributed by atoms with Crippen molar-refractivity contribution in [2.24, 2.45) is 7.05 Å². The van der Waals surface area contributed by atoms with Crippen LogP contribution in [-0.4, -0.2) is 19.6 Å². The molecule has 0 aliphatic rings. The summed E-state index contributed by atoms with van der Waals surface area (Å²) in [5, 5.41) is 13.1. The molecule has 0 spiro atoms. The van der Waals surface area contributed by atoms with Gasteiger partial charge in [0.15, 0.2) is 0 Å². The molecule has 0 aliphatic carbocycles. The zero-order chi connectivity index (χ0) is 16.9. The summed E-state index contributed by atoms with van der Waals surface area (Å²) >= 11 is 6.41. The fraction of sp³-hybridized carbons (Fsp3) is 0.333. The van der Waals surface area contributed by atoms with E-state index in [9.17, 15) is 0 Å². The van der Waals surface area contributed by atoms with Crippen molar-refractivity contribution in [2.75, 3.05) is 0 Å². The molecule has 1 N–H and O–H groups in total. The van der Waals surface area contributed by atoms with Crippen LogP contribution in [0.1, 0.15) is 29.8 Å². The lowest BCUT2D eigenvalue weighted by Gasteiger charge is -2.19. The van der Waals surface area contributed by atoms with Gasteiger partial charge in [0.2, 0.25) is 0 Å². The molecular formula is C18H22ClN5. The van der Waals surface area contributed by atoms with Crippen molar-refractivity contribution >= 4 is 11.6 Å². The Morgan fingerprint density at radius 3 is 2.67 bits per heavy atom. The quantitative estimate of drug-likeness (QED) is 0.715. The number of aromatic nitrogens is 4. The van der Waals surface area contributed by atoms with Crippen molar-refractivity contribution in [3.8, 4) is 0 Å². The standard InChI is InChI=1S/C18H22ClN5/c1-3-16-15(18(19)23(2)22-16)12-20-17(13-24-11-7-10-21-24)14-8-5-4-6-9-14/h4-11,17,20H,3,12-13H2,1-2H3. The second kappa shape index (κ2) is 7.64. The molecule has 0 fully saturated rings. The molecule has 1 atom stereocenters. The Morgan fingerprint density at radius 2 is 2.00 bits per heavy atom. The van der Waals surface area contributed by atoms with Gasteiger partial charge in [-0.25, -0.2) is 0 Å². The topological polar surface area (TPSA) is 47.7 Å². The van der Waals surface area contributed by atoms with Gasteiger partial charge in [-0.1, -0.05) is 48.9 Å². The normalized spacial score (nSPS) is 12.5. The molecule has 2 aromatic heterocycles. The molecule has 0 aliphatic heterocycles. The van der Waals surface area contributed by atoms with Crippen molar-refractivity contribution < 1.29 is 0 Å². The van der Waals surface area contributed by atoms with Crippen LogP contribution in [0, 0.1) is 0 Å². The van der Waals surface area contributed by atoms with E-state index in [4.69, 9.17) is 11.6 Å². The summed E-state index contributed by atoms with van der Waals surface area (Å²) in [5.41, 5.74) is 3.34. The predicted molar refractivity (Wildman–Crippen MR) is 95.8 cm³/mol. The molecule has 0 saturated carbocycles. The molecule has 0 amide bonds. The minimum absolute atomic E-state index is 0.145. The molecule has 0 radical (unpaired) electrons. The first-order valence-corrected chi connectivity index (χ1v) is 8.52. The largest absolute Gasteiger partial charge is 0.304 e. The Morgan fingerprint density at radius 1 is 1.21 bits per heavy atom. The van der Waals surface area contributed by atoms with Crippen molar-refractivity contribution in [3.63, 3.8) is 0 Å². The smallest absolute Gasteiger partial charge is 0.131 e. The molecule has 24 heavy (non-hydrogen) atoms. The van der Waals surface area contributed by atoms with Gasteiger partial charge >= 0.3 is 0 Å². The number of aryl methyl sites for hydroxylation is 2. The Balaban J connectivity index is 1.80. The summed E-state index contributed by atoms with van der Waals surface area (Å²) in [7, 11) is 1.88. The molecule has 3 rings (SSSR count). The zero-order valence-electron chi connectivity index (χ0n) is 14.0. The van der Waals surface area contributed by atoms with Crippen LogP contribution in [0.15, 0.2) is 48.8 Å². The number of hydrogen-bond donors (Lipinski definition) is 1. The summed E-state index contributed by atoms with van der Waals surface area (Å²) in [5.74, 6) is 0. The highest BCUT2D eigenvalue weighted by Gasteiger charge is 2.17. The van der Waals surface area contributed by atoms with Crippen LogP contribution in [-0.2, 0) is 26.6 Å². The van der Waals surface area contributed by atoms with Crippen LogP contribution in [0.4, 0.5) is 0 Å². The Bertz CT molecular complexity index is 764. The van der Waals surface area contributed by atoms with E-state index in [1.54, 1.807) is 10.9 Å². The Labute approximate surface area is 147 Å². The lowest BCUT2D eigenvalue weighted by atomic mass is 10.1. The van der Waals surface area contributed by atoms with E-state index >= 15 is 0 Å². The van der Waals surface area contributed by atoms with Crippen molar-refractivity contribution in [1.29, 1.82) is 0 Å². The highest BCUT2D eigenvalue weighted by Crippen LogP contribution is 2.22. The van der Waals surface area contributed by atoms with E-state index < -0.39 is 0 Å². The first-order valence-electron chi connectivity index (χ1n) is 8.15. The number of nitrogens with zero attached hydrogens (tertiary/aromatic N) is 4. The van der Waals surface area contributed by atoms with Crippen LogP contribution < -0.4 is 5.32 Å². The van der Waals surface area contributed by atoms with E-state index in [2.05, 4.69) is 46.7 Å². The van der Waals surface area contributed by atoms with Gasteiger partial charge in [0, 0.05) is 31.5 Å². The molecule has 5 nitrogen and oxygen atoms in total. The maximum absolute atomic E-state index is 6.41. The van der Waals surface area contributed by atoms with E-state index in [0.717, 1.165) is 24.2 Å². The van der Waals surface area contributed by atoms with Gasteiger partial charge in [0.1, 0.15) is 5.15 Å². The second-order valence-corrected chi connectivity index (χ2v) is 6.12. The summed E-state index contributed by atoms with van der Waals surface area (Å²) in [4.78, 5) is 0. The van der Waals surface area contributed by atoms with Gasteiger partial charge in [0.05, 0.1) is 18.3 Å². The van der Waals surface area contributed by atoms with Crippen LogP contribution in [0.3, 0.4) is 0 Å². The van der Waals surface area contributed by atoms with Crippen LogP contribution in [0.2, 0.25) is 5.15 Å². The van der Waals surface area contributed by atoms with E-state index in [0.29, 0.717) is 11.7 Å². The van der Waals surface area contributed by atoms with E-state index in [-0.39, 0.29) is 6.04 Å². The number of benzene rings is 1. The van der Waals surface area contributed by atoms with Crippen LogP contribution >= 0.6 is 11.6 Å². The third kappa shape index (κ3) is 3.68. The average molecular weight is 344 g/mol. The zero-order valence-corrected chi connectivity index (χ0v) is 14.7. The first kappa shape index (κ1) is 16.7. The minimum atomic E-state index is 0.145. The molecule has 126 valence electrons. The maximum atomic E-state index is 6.41. The SMILES string of the molecule is CCc1nn(C)c(Cl)c1CNC(Cn1cccn1)c1ccccc1. The average Bonchev–Trinajstić information content (AvgIpc) is 3.21. The third-order valence-electron chi connectivity index (χ3n) is 4.14. The van der Waals surface area contributed by atoms with Gasteiger partial charge in [-0.15, -0.1) is 0 Å². The van der Waals surface area contributed by atoms with Crippen molar-refractivity contribution in [1.82, 2.24) is 24.9 Å². The molecule has 1 aromatic carbocycles. The monoisotopic (exact) mass is 343 g/mol. The van der Waals surface area contributed by atoms with Crippen LogP contribution in [0.5, 0.6) is 0 Å². The fourth-order valence-corrected chi connectivity index (χ4v) is 3.07. The second-order valence-electron chi connectivity index (χ2n) is 5.77. The highest BCUT2D eigenvalue weighted by atomic mass is 35.5. The lowest BCUT2D eigenvalue weighted by Crippen LogP contribution is -2.26. The van der Waals surface area contributed by atoms with Gasteiger partial charge in [-0.3, -0.25) is 9.36 Å². The lowest BCUT2D eigenvalue weighted by molar-refractivity contribution is 0.437. The third-order valence-corrected chi connectivity index (χ3v) is 4.62. The van der Waals surface area contributed by atoms with Gasteiger partial charge in [0.25, 0.3) is 0 Å². The number of halogens is 1. The highest BCUT2D eigenvalue weighted by molar-refractivity contribution is 6.30. The van der Waals surface area contributed by atoms with Gasteiger partial charge < -0.3 is 5.32 Å². The number of nitrogens with one attached hydrogen (secondary N) is 1. The van der Waals surface area contributed by atoms with Crippen molar-refractivity contribution in [2.45, 2.75) is 32.5 Å². The molecule has 6 heteroatoms. The first-order chi connectivity index (χ1) is 11.7. The number of rotatable bonds is 7. The van der Waals surface area contributed by atoms with E-state index in [1.165, 1.54) is 5.56 Å². The van der Waals surface area contributed by atoms with Gasteiger partial charge in [-0.05, 0) is 18.1 Å². The maximum Gasteiger partial charge on any atom is 0.131 e. The Hall–Kier alpha value is -2.11. The van der Waals surface area contributed by atoms with Gasteiger partial charge in [-0.2, -0.15) is 10.2 Å². The minimum Gasteiger partial charge on any atom is -0.304 e. The molecule has 1 unspecified atom stereocenters. The van der Waals surface area contributed by atoms with Crippen LogP contribution in [0.25, 0.3) is 0 Å². The molecular weight excluding hydrogens is 322 g/mol. The Kier molecular flexibility index (Phi) is 5.33. The van der Waals surface area contributed by atoms with E-state index in [1.807, 2.05) is 30.1 Å². The summed E-state index contributed by atoms with van der Waals surface area (Å²) in [6.45, 7) is 3.54. The fourth-order valence-electron chi connectivity index (χ4n) is 2.85. The van der Waals surface area contributed by atoms with Crippen molar-refractivity contribution in [3.05, 3.63) is 70.8 Å². The molecule has 2 heterocycles. The predicted octanol–water partition coefficient (Wildman–Crippen LogP) is 3.36. The molecule has 0 bridgehead atoms. The summed E-state index contributed by atoms with van der Waals surface area (Å²) < 4.78 is 3.68.